The largest absolute Gasteiger partial charge is 0.497 e. The molecule has 1 saturated carbocycles. The molecule has 1 atom stereocenters. The van der Waals surface area contributed by atoms with Crippen molar-refractivity contribution in [3.05, 3.63) is 24.3 Å². The van der Waals surface area contributed by atoms with Crippen LogP contribution in [0, 0.1) is 5.41 Å². The number of aliphatic hydroxyl groups is 1. The van der Waals surface area contributed by atoms with Crippen molar-refractivity contribution in [1.29, 1.82) is 0 Å². The van der Waals surface area contributed by atoms with Crippen molar-refractivity contribution in [3.8, 4) is 5.75 Å². The molecule has 1 aromatic rings. The summed E-state index contributed by atoms with van der Waals surface area (Å²) in [6.45, 7) is 4.66. The maximum absolute atomic E-state index is 9.97. The summed E-state index contributed by atoms with van der Waals surface area (Å²) in [5, 5.41) is 13.6. The second-order valence-electron chi connectivity index (χ2n) is 6.19. The summed E-state index contributed by atoms with van der Waals surface area (Å²) in [5.41, 5.74) is 0.865. The van der Waals surface area contributed by atoms with Gasteiger partial charge in [-0.25, -0.2) is 0 Å². The maximum atomic E-state index is 9.97. The average Bonchev–Trinajstić information content (AvgIpc) is 2.41. The number of hydrogen-bond donors (Lipinski definition) is 2. The summed E-state index contributed by atoms with van der Waals surface area (Å²) >= 11 is 0. The molecule has 19 heavy (non-hydrogen) atoms. The lowest BCUT2D eigenvalue weighted by atomic mass is 9.63. The van der Waals surface area contributed by atoms with Gasteiger partial charge in [0, 0.05) is 11.8 Å². The first-order chi connectivity index (χ1) is 9.03. The van der Waals surface area contributed by atoms with Gasteiger partial charge >= 0.3 is 0 Å². The smallest absolute Gasteiger partial charge is 0.120 e. The molecule has 0 heterocycles. The molecule has 2 N–H and O–H groups in total. The maximum Gasteiger partial charge on any atom is 0.120 e. The topological polar surface area (TPSA) is 41.5 Å². The first-order valence-corrected chi connectivity index (χ1v) is 7.06. The third kappa shape index (κ3) is 2.71. The zero-order chi connectivity index (χ0) is 13.9. The first kappa shape index (κ1) is 14.2. The minimum Gasteiger partial charge on any atom is -0.497 e. The SMILES string of the molecule is COc1cccc(NC2(CO)CCCCC2(C)C)c1. The van der Waals surface area contributed by atoms with E-state index in [0.29, 0.717) is 0 Å². The number of hydrogen-bond acceptors (Lipinski definition) is 3. The standard InChI is InChI=1S/C16H25NO2/c1-15(2)9-4-5-10-16(15,12-18)17-13-7-6-8-14(11-13)19-3/h6-8,11,17-18H,4-5,9-10,12H2,1-3H3. The summed E-state index contributed by atoms with van der Waals surface area (Å²) in [6, 6.07) is 7.93. The summed E-state index contributed by atoms with van der Waals surface area (Å²) in [6.07, 6.45) is 4.56. The molecule has 106 valence electrons. The number of nitrogens with one attached hydrogen (secondary N) is 1. The molecule has 0 spiro atoms. The number of anilines is 1. The monoisotopic (exact) mass is 263 g/mol. The lowest BCUT2D eigenvalue weighted by Crippen LogP contribution is -2.56. The van der Waals surface area contributed by atoms with Crippen molar-refractivity contribution in [1.82, 2.24) is 0 Å². The van der Waals surface area contributed by atoms with Gasteiger partial charge in [0.05, 0.1) is 19.3 Å². The van der Waals surface area contributed by atoms with Gasteiger partial charge in [-0.3, -0.25) is 0 Å². The van der Waals surface area contributed by atoms with Crippen LogP contribution in [-0.4, -0.2) is 24.4 Å². The quantitative estimate of drug-likeness (QED) is 0.874. The fourth-order valence-corrected chi connectivity index (χ4v) is 3.11. The van der Waals surface area contributed by atoms with Gasteiger partial charge < -0.3 is 15.2 Å². The Kier molecular flexibility index (Phi) is 4.04. The number of benzene rings is 1. The van der Waals surface area contributed by atoms with E-state index >= 15 is 0 Å². The van der Waals surface area contributed by atoms with E-state index in [-0.39, 0.29) is 17.6 Å². The molecule has 1 aliphatic carbocycles. The fraction of sp³-hybridized carbons (Fsp3) is 0.625. The van der Waals surface area contributed by atoms with Crippen LogP contribution in [0.15, 0.2) is 24.3 Å². The van der Waals surface area contributed by atoms with Gasteiger partial charge in [-0.1, -0.05) is 32.8 Å². The van der Waals surface area contributed by atoms with E-state index in [4.69, 9.17) is 4.74 Å². The van der Waals surface area contributed by atoms with Crippen molar-refractivity contribution in [2.24, 2.45) is 5.41 Å². The highest BCUT2D eigenvalue weighted by molar-refractivity contribution is 5.50. The molecule has 1 aromatic carbocycles. The Morgan fingerprint density at radius 2 is 2.00 bits per heavy atom. The van der Waals surface area contributed by atoms with Crippen LogP contribution in [0.2, 0.25) is 0 Å². The summed E-state index contributed by atoms with van der Waals surface area (Å²) < 4.78 is 5.26. The van der Waals surface area contributed by atoms with Crippen LogP contribution in [0.4, 0.5) is 5.69 Å². The van der Waals surface area contributed by atoms with Crippen LogP contribution in [0.25, 0.3) is 0 Å². The van der Waals surface area contributed by atoms with E-state index in [1.807, 2.05) is 24.3 Å². The molecular weight excluding hydrogens is 238 g/mol. The zero-order valence-corrected chi connectivity index (χ0v) is 12.2. The minimum atomic E-state index is -0.238. The molecule has 0 bridgehead atoms. The van der Waals surface area contributed by atoms with Crippen molar-refractivity contribution in [3.63, 3.8) is 0 Å². The van der Waals surface area contributed by atoms with Gasteiger partial charge in [0.15, 0.2) is 0 Å². The number of ether oxygens (including phenoxy) is 1. The third-order valence-corrected chi connectivity index (χ3v) is 4.67. The first-order valence-electron chi connectivity index (χ1n) is 7.06. The van der Waals surface area contributed by atoms with Crippen LogP contribution >= 0.6 is 0 Å². The molecule has 0 radical (unpaired) electrons. The van der Waals surface area contributed by atoms with Crippen molar-refractivity contribution >= 4 is 5.69 Å². The molecule has 1 fully saturated rings. The fourth-order valence-electron chi connectivity index (χ4n) is 3.11. The minimum absolute atomic E-state index is 0.0864. The van der Waals surface area contributed by atoms with E-state index in [9.17, 15) is 5.11 Å². The predicted octanol–water partition coefficient (Wildman–Crippen LogP) is 3.44. The van der Waals surface area contributed by atoms with Crippen LogP contribution < -0.4 is 10.1 Å². The van der Waals surface area contributed by atoms with Gasteiger partial charge in [0.25, 0.3) is 0 Å². The lowest BCUT2D eigenvalue weighted by Gasteiger charge is -2.50. The summed E-state index contributed by atoms with van der Waals surface area (Å²) in [7, 11) is 1.67. The number of methoxy groups -OCH3 is 1. The molecule has 0 saturated heterocycles. The Morgan fingerprint density at radius 3 is 2.63 bits per heavy atom. The van der Waals surface area contributed by atoms with Gasteiger partial charge in [-0.15, -0.1) is 0 Å². The zero-order valence-electron chi connectivity index (χ0n) is 12.2. The Hall–Kier alpha value is -1.22. The Balaban J connectivity index is 2.26. The average molecular weight is 263 g/mol. The van der Waals surface area contributed by atoms with E-state index in [1.54, 1.807) is 7.11 Å². The molecule has 3 nitrogen and oxygen atoms in total. The third-order valence-electron chi connectivity index (χ3n) is 4.67. The second kappa shape index (κ2) is 5.41. The van der Waals surface area contributed by atoms with Gasteiger partial charge in [-0.2, -0.15) is 0 Å². The summed E-state index contributed by atoms with van der Waals surface area (Å²) in [4.78, 5) is 0. The number of rotatable bonds is 4. The molecule has 0 aliphatic heterocycles. The summed E-state index contributed by atoms with van der Waals surface area (Å²) in [5.74, 6) is 0.840. The van der Waals surface area contributed by atoms with E-state index < -0.39 is 0 Å². The highest BCUT2D eigenvalue weighted by atomic mass is 16.5. The lowest BCUT2D eigenvalue weighted by molar-refractivity contribution is 0.0580. The van der Waals surface area contributed by atoms with Gasteiger partial charge in [0.2, 0.25) is 0 Å². The normalized spacial score (nSPS) is 25.9. The second-order valence-corrected chi connectivity index (χ2v) is 6.19. The van der Waals surface area contributed by atoms with E-state index in [0.717, 1.165) is 24.3 Å². The van der Waals surface area contributed by atoms with Crippen molar-refractivity contribution in [2.75, 3.05) is 19.0 Å². The van der Waals surface area contributed by atoms with E-state index in [2.05, 4.69) is 19.2 Å². The van der Waals surface area contributed by atoms with Crippen LogP contribution in [0.5, 0.6) is 5.75 Å². The van der Waals surface area contributed by atoms with Crippen LogP contribution in [-0.2, 0) is 0 Å². The van der Waals surface area contributed by atoms with Crippen molar-refractivity contribution in [2.45, 2.75) is 45.1 Å². The Morgan fingerprint density at radius 1 is 1.26 bits per heavy atom. The predicted molar refractivity (Wildman–Crippen MR) is 78.7 cm³/mol. The van der Waals surface area contributed by atoms with Gasteiger partial charge in [-0.05, 0) is 30.4 Å². The van der Waals surface area contributed by atoms with Crippen molar-refractivity contribution < 1.29 is 9.84 Å². The molecular formula is C16H25NO2. The van der Waals surface area contributed by atoms with Gasteiger partial charge in [0.1, 0.15) is 5.75 Å². The number of aliphatic hydroxyl groups excluding tert-OH is 1. The molecule has 3 heteroatoms. The molecule has 1 aliphatic rings. The Bertz CT molecular complexity index is 431. The molecule has 0 aromatic heterocycles. The van der Waals surface area contributed by atoms with Crippen LogP contribution in [0.1, 0.15) is 39.5 Å². The van der Waals surface area contributed by atoms with E-state index in [1.165, 1.54) is 12.8 Å². The highest BCUT2D eigenvalue weighted by Gasteiger charge is 2.46. The Labute approximate surface area is 116 Å². The molecule has 0 amide bonds. The molecule has 1 unspecified atom stereocenters. The molecule has 2 rings (SSSR count). The highest BCUT2D eigenvalue weighted by Crippen LogP contribution is 2.45. The van der Waals surface area contributed by atoms with Crippen LogP contribution in [0.3, 0.4) is 0 Å².